The molecule has 124 valence electrons. The second kappa shape index (κ2) is 5.18. The zero-order valence-corrected chi connectivity index (χ0v) is 13.7. The summed E-state index contributed by atoms with van der Waals surface area (Å²) in [4.78, 5) is 7.50. The minimum atomic E-state index is -0.747. The zero-order valence-electron chi connectivity index (χ0n) is 13.7. The van der Waals surface area contributed by atoms with Crippen LogP contribution in [0.4, 0.5) is 8.78 Å². The largest absolute Gasteiger partial charge is 0.481 e. The number of hydrogen-bond donors (Lipinski definition) is 1. The lowest BCUT2D eigenvalue weighted by Crippen LogP contribution is -2.29. The lowest BCUT2D eigenvalue weighted by molar-refractivity contribution is 0.101. The molecule has 0 amide bonds. The number of H-pyrrole nitrogens is 1. The van der Waals surface area contributed by atoms with Crippen molar-refractivity contribution >= 4 is 0 Å². The van der Waals surface area contributed by atoms with E-state index in [0.29, 0.717) is 22.7 Å². The number of aromatic nitrogens is 2. The molecule has 0 fully saturated rings. The first-order valence-corrected chi connectivity index (χ1v) is 7.75. The molecule has 4 rings (SSSR count). The van der Waals surface area contributed by atoms with Crippen LogP contribution in [0.25, 0.3) is 22.6 Å². The van der Waals surface area contributed by atoms with Crippen LogP contribution in [-0.4, -0.2) is 9.97 Å². The molecule has 25 heavy (non-hydrogen) atoms. The van der Waals surface area contributed by atoms with E-state index in [1.807, 2.05) is 13.8 Å². The standard InChI is InChI=1S/C20H14F2N2O/c1-4-11-8-9-12-15(10-11)25-20(2,3)18-17(12)23-19(24-18)16-13(21)6-5-7-14(16)22/h1,5-10H,2-3H3,(H,23,24). The maximum atomic E-state index is 14.1. The van der Waals surface area contributed by atoms with Crippen molar-refractivity contribution in [1.82, 2.24) is 9.97 Å². The van der Waals surface area contributed by atoms with Crippen LogP contribution in [0.3, 0.4) is 0 Å². The molecule has 1 aliphatic heterocycles. The Morgan fingerprint density at radius 3 is 2.56 bits per heavy atom. The van der Waals surface area contributed by atoms with Crippen molar-refractivity contribution < 1.29 is 13.5 Å². The summed E-state index contributed by atoms with van der Waals surface area (Å²) in [5.41, 5.74) is 1.75. The quantitative estimate of drug-likeness (QED) is 0.658. The lowest BCUT2D eigenvalue weighted by Gasteiger charge is -2.31. The number of halogens is 2. The van der Waals surface area contributed by atoms with Crippen molar-refractivity contribution in [3.05, 3.63) is 59.3 Å². The predicted molar refractivity (Wildman–Crippen MR) is 91.0 cm³/mol. The molecule has 1 aliphatic rings. The predicted octanol–water partition coefficient (Wildman–Crippen LogP) is 4.63. The van der Waals surface area contributed by atoms with Crippen molar-refractivity contribution in [3.63, 3.8) is 0 Å². The molecule has 3 aromatic rings. The highest BCUT2D eigenvalue weighted by molar-refractivity contribution is 5.76. The van der Waals surface area contributed by atoms with Crippen LogP contribution in [0.5, 0.6) is 5.75 Å². The summed E-state index contributed by atoms with van der Waals surface area (Å²) < 4.78 is 34.3. The van der Waals surface area contributed by atoms with E-state index in [1.165, 1.54) is 18.2 Å². The second-order valence-electron chi connectivity index (χ2n) is 6.37. The number of nitrogens with one attached hydrogen (secondary N) is 1. The van der Waals surface area contributed by atoms with Gasteiger partial charge in [0.05, 0.1) is 17.0 Å². The Kier molecular flexibility index (Phi) is 3.19. The Morgan fingerprint density at radius 1 is 1.16 bits per heavy atom. The lowest BCUT2D eigenvalue weighted by atomic mass is 9.94. The van der Waals surface area contributed by atoms with Gasteiger partial charge in [0.2, 0.25) is 0 Å². The number of imidazole rings is 1. The number of nitrogens with zero attached hydrogens (tertiary/aromatic N) is 1. The molecule has 3 nitrogen and oxygen atoms in total. The molecule has 0 aliphatic carbocycles. The molecule has 2 heterocycles. The molecule has 0 spiro atoms. The van der Waals surface area contributed by atoms with Crippen LogP contribution < -0.4 is 4.74 Å². The van der Waals surface area contributed by atoms with Crippen LogP contribution in [0.2, 0.25) is 0 Å². The van der Waals surface area contributed by atoms with E-state index in [2.05, 4.69) is 15.9 Å². The molecule has 0 radical (unpaired) electrons. The molecular weight excluding hydrogens is 322 g/mol. The Morgan fingerprint density at radius 2 is 1.88 bits per heavy atom. The van der Waals surface area contributed by atoms with E-state index >= 15 is 0 Å². The SMILES string of the molecule is C#Cc1ccc2c(c1)OC(C)(C)c1[nH]c(-c3c(F)cccc3F)nc1-2. The van der Waals surface area contributed by atoms with Gasteiger partial charge in [-0.1, -0.05) is 12.0 Å². The molecule has 1 aromatic heterocycles. The molecule has 0 atom stereocenters. The Hall–Kier alpha value is -3.13. The third kappa shape index (κ3) is 2.30. The van der Waals surface area contributed by atoms with Gasteiger partial charge in [-0.05, 0) is 44.2 Å². The Balaban J connectivity index is 1.96. The van der Waals surface area contributed by atoms with Gasteiger partial charge >= 0.3 is 0 Å². The molecule has 0 saturated heterocycles. The Labute approximate surface area is 143 Å². The molecule has 0 unspecified atom stereocenters. The van der Waals surface area contributed by atoms with E-state index in [1.54, 1.807) is 18.2 Å². The van der Waals surface area contributed by atoms with E-state index in [4.69, 9.17) is 11.2 Å². The normalized spacial score (nSPS) is 14.2. The molecule has 1 N–H and O–H groups in total. The molecule has 2 aromatic carbocycles. The van der Waals surface area contributed by atoms with Crippen LogP contribution in [0.1, 0.15) is 25.1 Å². The van der Waals surface area contributed by atoms with E-state index in [-0.39, 0.29) is 11.4 Å². The first kappa shape index (κ1) is 15.4. The average molecular weight is 336 g/mol. The van der Waals surface area contributed by atoms with Gasteiger partial charge in [0.25, 0.3) is 0 Å². The zero-order chi connectivity index (χ0) is 17.8. The number of terminal acetylenes is 1. The van der Waals surface area contributed by atoms with Gasteiger partial charge in [0.15, 0.2) is 0 Å². The number of hydrogen-bond acceptors (Lipinski definition) is 2. The smallest absolute Gasteiger partial charge is 0.145 e. The highest BCUT2D eigenvalue weighted by Crippen LogP contribution is 2.45. The average Bonchev–Trinajstić information content (AvgIpc) is 3.00. The maximum absolute atomic E-state index is 14.1. The first-order chi connectivity index (χ1) is 11.9. The van der Waals surface area contributed by atoms with Crippen molar-refractivity contribution in [1.29, 1.82) is 0 Å². The second-order valence-corrected chi connectivity index (χ2v) is 6.37. The number of fused-ring (bicyclic) bond motifs is 3. The summed E-state index contributed by atoms with van der Waals surface area (Å²) in [6.45, 7) is 3.72. The fraction of sp³-hybridized carbons (Fsp3) is 0.150. The minimum Gasteiger partial charge on any atom is -0.481 e. The number of aromatic amines is 1. The van der Waals surface area contributed by atoms with Crippen LogP contribution in [-0.2, 0) is 5.60 Å². The van der Waals surface area contributed by atoms with Crippen molar-refractivity contribution in [2.45, 2.75) is 19.4 Å². The topological polar surface area (TPSA) is 37.9 Å². The first-order valence-electron chi connectivity index (χ1n) is 7.75. The summed E-state index contributed by atoms with van der Waals surface area (Å²) in [6, 6.07) is 9.07. The van der Waals surface area contributed by atoms with Crippen LogP contribution in [0, 0.1) is 24.0 Å². The van der Waals surface area contributed by atoms with E-state index in [0.717, 1.165) is 5.56 Å². The van der Waals surface area contributed by atoms with Crippen LogP contribution >= 0.6 is 0 Å². The third-order valence-electron chi connectivity index (χ3n) is 4.27. The summed E-state index contributed by atoms with van der Waals surface area (Å²) >= 11 is 0. The van der Waals surface area contributed by atoms with Gasteiger partial charge in [0.1, 0.15) is 28.8 Å². The van der Waals surface area contributed by atoms with Gasteiger partial charge in [-0.15, -0.1) is 6.42 Å². The van der Waals surface area contributed by atoms with Crippen LogP contribution in [0.15, 0.2) is 36.4 Å². The summed E-state index contributed by atoms with van der Waals surface area (Å²) in [5, 5.41) is 0. The molecule has 0 bridgehead atoms. The fourth-order valence-corrected chi connectivity index (χ4v) is 3.06. The number of ether oxygens (including phenoxy) is 1. The summed E-state index contributed by atoms with van der Waals surface area (Å²) in [5.74, 6) is 1.95. The van der Waals surface area contributed by atoms with E-state index in [9.17, 15) is 8.78 Å². The van der Waals surface area contributed by atoms with Gasteiger partial charge in [-0.25, -0.2) is 13.8 Å². The number of rotatable bonds is 1. The highest BCUT2D eigenvalue weighted by atomic mass is 19.1. The molecule has 0 saturated carbocycles. The Bertz CT molecular complexity index is 1020. The van der Waals surface area contributed by atoms with Gasteiger partial charge in [-0.3, -0.25) is 0 Å². The van der Waals surface area contributed by atoms with Crippen molar-refractivity contribution in [2.75, 3.05) is 0 Å². The summed E-state index contributed by atoms with van der Waals surface area (Å²) in [6.07, 6.45) is 5.45. The monoisotopic (exact) mass is 336 g/mol. The third-order valence-corrected chi connectivity index (χ3v) is 4.27. The van der Waals surface area contributed by atoms with Gasteiger partial charge in [0, 0.05) is 11.1 Å². The highest BCUT2D eigenvalue weighted by Gasteiger charge is 2.36. The minimum absolute atomic E-state index is 0.131. The van der Waals surface area contributed by atoms with Crippen molar-refractivity contribution in [2.24, 2.45) is 0 Å². The maximum Gasteiger partial charge on any atom is 0.145 e. The molecule has 5 heteroatoms. The van der Waals surface area contributed by atoms with Crippen molar-refractivity contribution in [3.8, 4) is 40.7 Å². The van der Waals surface area contributed by atoms with Gasteiger partial charge < -0.3 is 9.72 Å². The fourth-order valence-electron chi connectivity index (χ4n) is 3.06. The van der Waals surface area contributed by atoms with E-state index < -0.39 is 17.2 Å². The summed E-state index contributed by atoms with van der Waals surface area (Å²) in [7, 11) is 0. The number of benzene rings is 2. The van der Waals surface area contributed by atoms with Gasteiger partial charge in [-0.2, -0.15) is 0 Å². The molecular formula is C20H14F2N2O.